The summed E-state index contributed by atoms with van der Waals surface area (Å²) in [6.45, 7) is 3.32. The molecule has 0 unspecified atom stereocenters. The predicted octanol–water partition coefficient (Wildman–Crippen LogP) is 3.92. The van der Waals surface area contributed by atoms with Gasteiger partial charge in [0.1, 0.15) is 28.5 Å². The fourth-order valence-electron chi connectivity index (χ4n) is 4.40. The van der Waals surface area contributed by atoms with E-state index in [0.717, 1.165) is 5.56 Å². The van der Waals surface area contributed by atoms with Crippen LogP contribution in [0.4, 0.5) is 5.95 Å². The van der Waals surface area contributed by atoms with Crippen LogP contribution in [0.1, 0.15) is 35.3 Å². The van der Waals surface area contributed by atoms with Gasteiger partial charge >= 0.3 is 0 Å². The zero-order valence-corrected chi connectivity index (χ0v) is 23.8. The molecule has 2 aromatic heterocycles. The highest BCUT2D eigenvalue weighted by Gasteiger charge is 2.35. The molecule has 13 heteroatoms. The number of nitrogens with one attached hydrogen (secondary N) is 1. The standard InChI is InChI=1S/C28H27N7O5S/c1-17-11-21(16-31-15-17)27-32-33-28(35(27)25-23(38-3)7-6-8-24(25)39-4)34-41(36,37)18(2)26(40-5)22-10-9-19(13-29)12-20(22)14-30/h6-12,15-16,18,26H,1-5H3,(H,33,34)/t18-,26-/m1/s1. The number of rotatable bonds is 10. The van der Waals surface area contributed by atoms with Crippen LogP contribution in [-0.4, -0.2) is 54.7 Å². The van der Waals surface area contributed by atoms with Gasteiger partial charge in [-0.2, -0.15) is 10.5 Å². The second kappa shape index (κ2) is 12.0. The molecule has 4 rings (SSSR count). The van der Waals surface area contributed by atoms with Gasteiger partial charge in [-0.3, -0.25) is 14.3 Å². The Kier molecular flexibility index (Phi) is 8.52. The Bertz CT molecular complexity index is 1750. The molecule has 0 fully saturated rings. The quantitative estimate of drug-likeness (QED) is 0.294. The van der Waals surface area contributed by atoms with Crippen LogP contribution in [0.15, 0.2) is 54.9 Å². The first-order valence-corrected chi connectivity index (χ1v) is 13.8. The molecule has 0 aliphatic rings. The average Bonchev–Trinajstić information content (AvgIpc) is 3.39. The average molecular weight is 574 g/mol. The van der Waals surface area contributed by atoms with E-state index in [4.69, 9.17) is 14.2 Å². The maximum atomic E-state index is 13.8. The van der Waals surface area contributed by atoms with Crippen LogP contribution in [0.5, 0.6) is 11.5 Å². The van der Waals surface area contributed by atoms with Crippen LogP contribution in [0.2, 0.25) is 0 Å². The number of ether oxygens (including phenoxy) is 3. The molecule has 0 radical (unpaired) electrons. The van der Waals surface area contributed by atoms with Gasteiger partial charge in [-0.25, -0.2) is 8.42 Å². The molecular weight excluding hydrogens is 546 g/mol. The lowest BCUT2D eigenvalue weighted by atomic mass is 9.99. The molecule has 4 aromatic rings. The summed E-state index contributed by atoms with van der Waals surface area (Å²) in [6.07, 6.45) is 2.22. The molecule has 1 N–H and O–H groups in total. The van der Waals surface area contributed by atoms with E-state index in [1.807, 2.05) is 25.1 Å². The molecule has 0 aliphatic carbocycles. The van der Waals surface area contributed by atoms with Gasteiger partial charge in [0, 0.05) is 25.1 Å². The summed E-state index contributed by atoms with van der Waals surface area (Å²) in [4.78, 5) is 4.24. The molecule has 210 valence electrons. The van der Waals surface area contributed by atoms with E-state index in [-0.39, 0.29) is 22.9 Å². The van der Waals surface area contributed by atoms with Crippen molar-refractivity contribution in [3.63, 3.8) is 0 Å². The molecule has 0 saturated carbocycles. The molecule has 2 aromatic carbocycles. The molecule has 0 saturated heterocycles. The van der Waals surface area contributed by atoms with Crippen LogP contribution in [0, 0.1) is 29.6 Å². The number of nitriles is 2. The highest BCUT2D eigenvalue weighted by molar-refractivity contribution is 7.93. The predicted molar refractivity (Wildman–Crippen MR) is 150 cm³/mol. The minimum atomic E-state index is -4.23. The van der Waals surface area contributed by atoms with Gasteiger partial charge in [0.2, 0.25) is 16.0 Å². The largest absolute Gasteiger partial charge is 0.494 e. The van der Waals surface area contributed by atoms with E-state index in [1.165, 1.54) is 51.0 Å². The zero-order valence-electron chi connectivity index (χ0n) is 23.0. The number of hydrogen-bond acceptors (Lipinski definition) is 10. The Morgan fingerprint density at radius 2 is 1.68 bits per heavy atom. The molecule has 12 nitrogen and oxygen atoms in total. The molecule has 0 spiro atoms. The van der Waals surface area contributed by atoms with Crippen molar-refractivity contribution >= 4 is 16.0 Å². The Labute approximate surface area is 237 Å². The number of sulfonamides is 1. The van der Waals surface area contributed by atoms with E-state index >= 15 is 0 Å². The van der Waals surface area contributed by atoms with E-state index in [9.17, 15) is 18.9 Å². The number of para-hydroxylation sites is 1. The van der Waals surface area contributed by atoms with Crippen molar-refractivity contribution < 1.29 is 22.6 Å². The lowest BCUT2D eigenvalue weighted by Gasteiger charge is -2.25. The maximum absolute atomic E-state index is 13.8. The van der Waals surface area contributed by atoms with Gasteiger partial charge in [-0.15, -0.1) is 10.2 Å². The SMILES string of the molecule is COc1cccc(OC)c1-n1c(NS(=O)(=O)[C@H](C)[C@@H](OC)c2ccc(C#N)cc2C#N)nnc1-c1cncc(C)c1. The van der Waals surface area contributed by atoms with Crippen LogP contribution in [0.3, 0.4) is 0 Å². The summed E-state index contributed by atoms with van der Waals surface area (Å²) in [5.41, 5.74) is 2.53. The van der Waals surface area contributed by atoms with Gasteiger partial charge in [0.15, 0.2) is 5.82 Å². The second-order valence-corrected chi connectivity index (χ2v) is 11.0. The number of pyridine rings is 1. The monoisotopic (exact) mass is 573 g/mol. The lowest BCUT2D eigenvalue weighted by Crippen LogP contribution is -2.33. The highest BCUT2D eigenvalue weighted by Crippen LogP contribution is 2.38. The molecule has 0 amide bonds. The van der Waals surface area contributed by atoms with E-state index in [1.54, 1.807) is 30.6 Å². The van der Waals surface area contributed by atoms with Crippen LogP contribution < -0.4 is 14.2 Å². The highest BCUT2D eigenvalue weighted by atomic mass is 32.2. The Hall–Kier alpha value is -4.98. The first-order valence-electron chi connectivity index (χ1n) is 12.3. The molecule has 2 atom stereocenters. The third-order valence-electron chi connectivity index (χ3n) is 6.43. The maximum Gasteiger partial charge on any atom is 0.243 e. The summed E-state index contributed by atoms with van der Waals surface area (Å²) in [6, 6.07) is 15.4. The summed E-state index contributed by atoms with van der Waals surface area (Å²) >= 11 is 0. The number of nitrogens with zero attached hydrogens (tertiary/aromatic N) is 6. The van der Waals surface area contributed by atoms with E-state index in [0.29, 0.717) is 28.3 Å². The third kappa shape index (κ3) is 5.68. The number of methoxy groups -OCH3 is 3. The summed E-state index contributed by atoms with van der Waals surface area (Å²) in [5.74, 6) is 0.916. The van der Waals surface area contributed by atoms with Crippen molar-refractivity contribution in [2.24, 2.45) is 0 Å². The first kappa shape index (κ1) is 29.0. The summed E-state index contributed by atoms with van der Waals surface area (Å²) in [7, 11) is 0.0824. The molecular formula is C28H27N7O5S. The smallest absolute Gasteiger partial charge is 0.243 e. The van der Waals surface area contributed by atoms with Crippen LogP contribution in [0.25, 0.3) is 17.1 Å². The van der Waals surface area contributed by atoms with Crippen molar-refractivity contribution in [1.29, 1.82) is 10.5 Å². The first-order chi connectivity index (χ1) is 19.7. The fourth-order valence-corrected chi connectivity index (χ4v) is 5.56. The zero-order chi connectivity index (χ0) is 29.7. The minimum absolute atomic E-state index is 0.133. The second-order valence-electron chi connectivity index (χ2n) is 8.98. The van der Waals surface area contributed by atoms with Crippen molar-refractivity contribution in [3.05, 3.63) is 77.1 Å². The number of aryl methyl sites for hydroxylation is 1. The fraction of sp³-hybridized carbons (Fsp3) is 0.250. The Morgan fingerprint density at radius 1 is 0.976 bits per heavy atom. The van der Waals surface area contributed by atoms with Gasteiger partial charge in [-0.1, -0.05) is 12.1 Å². The van der Waals surface area contributed by atoms with Crippen LogP contribution in [-0.2, 0) is 14.8 Å². The normalized spacial score (nSPS) is 12.6. The summed E-state index contributed by atoms with van der Waals surface area (Å²) in [5, 5.41) is 26.1. The molecule has 41 heavy (non-hydrogen) atoms. The van der Waals surface area contributed by atoms with E-state index in [2.05, 4.69) is 19.9 Å². The molecule has 0 aliphatic heterocycles. The molecule has 0 bridgehead atoms. The number of aromatic nitrogens is 4. The lowest BCUT2D eigenvalue weighted by molar-refractivity contribution is 0.102. The van der Waals surface area contributed by atoms with Crippen molar-refractivity contribution in [2.75, 3.05) is 26.1 Å². The Balaban J connectivity index is 1.85. The van der Waals surface area contributed by atoms with Crippen molar-refractivity contribution in [2.45, 2.75) is 25.2 Å². The molecule has 2 heterocycles. The van der Waals surface area contributed by atoms with Crippen LogP contribution >= 0.6 is 0 Å². The number of benzene rings is 2. The van der Waals surface area contributed by atoms with Crippen molar-refractivity contribution in [3.8, 4) is 40.7 Å². The Morgan fingerprint density at radius 3 is 2.27 bits per heavy atom. The number of anilines is 1. The topological polar surface area (TPSA) is 165 Å². The van der Waals surface area contributed by atoms with E-state index < -0.39 is 21.4 Å². The van der Waals surface area contributed by atoms with Gasteiger partial charge in [0.25, 0.3) is 0 Å². The minimum Gasteiger partial charge on any atom is -0.494 e. The van der Waals surface area contributed by atoms with Gasteiger partial charge in [-0.05, 0) is 55.3 Å². The van der Waals surface area contributed by atoms with Gasteiger partial charge in [0.05, 0.1) is 37.5 Å². The van der Waals surface area contributed by atoms with Gasteiger partial charge < -0.3 is 14.2 Å². The summed E-state index contributed by atoms with van der Waals surface area (Å²) < 4.78 is 48.4. The number of hydrogen-bond donors (Lipinski definition) is 1. The third-order valence-corrected chi connectivity index (χ3v) is 8.13. The van der Waals surface area contributed by atoms with Crippen molar-refractivity contribution in [1.82, 2.24) is 19.7 Å².